The highest BCUT2D eigenvalue weighted by Crippen LogP contribution is 2.26. The number of nitrogens with one attached hydrogen (secondary N) is 1. The minimum atomic E-state index is -0.331. The summed E-state index contributed by atoms with van der Waals surface area (Å²) < 4.78 is 10.5. The molecule has 4 rings (SSSR count). The number of ether oxygens (including phenoxy) is 1. The SMILES string of the molecule is CN(C)CCOC(=O)c1cccc(-c2nc3ccc(-c4ccoc4)cc3[nH]2)c1. The number of esters is 1. The van der Waals surface area contributed by atoms with Crippen molar-refractivity contribution in [1.29, 1.82) is 0 Å². The number of H-pyrrole nitrogens is 1. The number of rotatable bonds is 6. The van der Waals surface area contributed by atoms with E-state index in [0.717, 1.165) is 27.7 Å². The van der Waals surface area contributed by atoms with E-state index in [0.29, 0.717) is 24.5 Å². The van der Waals surface area contributed by atoms with E-state index in [1.54, 1.807) is 24.7 Å². The molecule has 0 saturated carbocycles. The van der Waals surface area contributed by atoms with Crippen LogP contribution in [0.2, 0.25) is 0 Å². The molecule has 1 N–H and O–H groups in total. The Bertz CT molecular complexity index is 1100. The third kappa shape index (κ3) is 3.82. The number of imidazole rings is 1. The predicted octanol–water partition coefficient (Wildman–Crippen LogP) is 4.21. The number of carbonyl (C=O) groups is 1. The Morgan fingerprint density at radius 2 is 2.00 bits per heavy atom. The van der Waals surface area contributed by atoms with Crippen LogP contribution in [-0.4, -0.2) is 48.1 Å². The van der Waals surface area contributed by atoms with Crippen molar-refractivity contribution in [3.8, 4) is 22.5 Å². The highest BCUT2D eigenvalue weighted by molar-refractivity contribution is 5.91. The Kier molecular flexibility index (Phi) is 4.95. The van der Waals surface area contributed by atoms with Crippen LogP contribution in [0, 0.1) is 0 Å². The maximum absolute atomic E-state index is 12.3. The van der Waals surface area contributed by atoms with E-state index in [2.05, 4.69) is 9.97 Å². The molecule has 28 heavy (non-hydrogen) atoms. The van der Waals surface area contributed by atoms with Gasteiger partial charge in [-0.2, -0.15) is 0 Å². The van der Waals surface area contributed by atoms with Gasteiger partial charge in [-0.05, 0) is 50.0 Å². The van der Waals surface area contributed by atoms with E-state index in [4.69, 9.17) is 9.15 Å². The van der Waals surface area contributed by atoms with Gasteiger partial charge in [0.2, 0.25) is 0 Å². The van der Waals surface area contributed by atoms with Crippen LogP contribution in [0.15, 0.2) is 65.5 Å². The lowest BCUT2D eigenvalue weighted by Gasteiger charge is -2.10. The molecule has 0 spiro atoms. The zero-order valence-corrected chi connectivity index (χ0v) is 15.8. The van der Waals surface area contributed by atoms with E-state index >= 15 is 0 Å². The lowest BCUT2D eigenvalue weighted by molar-refractivity contribution is 0.0482. The summed E-state index contributed by atoms with van der Waals surface area (Å²) in [5, 5.41) is 0. The zero-order chi connectivity index (χ0) is 19.5. The second kappa shape index (κ2) is 7.70. The Morgan fingerprint density at radius 3 is 2.79 bits per heavy atom. The van der Waals surface area contributed by atoms with Gasteiger partial charge in [-0.3, -0.25) is 0 Å². The first kappa shape index (κ1) is 18.0. The topological polar surface area (TPSA) is 71.4 Å². The number of benzene rings is 2. The number of aromatic nitrogens is 2. The van der Waals surface area contributed by atoms with Gasteiger partial charge in [0, 0.05) is 17.7 Å². The molecule has 2 aromatic carbocycles. The summed E-state index contributed by atoms with van der Waals surface area (Å²) in [4.78, 5) is 22.2. The van der Waals surface area contributed by atoms with Gasteiger partial charge in [-0.25, -0.2) is 9.78 Å². The van der Waals surface area contributed by atoms with Crippen molar-refractivity contribution < 1.29 is 13.9 Å². The fraction of sp³-hybridized carbons (Fsp3) is 0.182. The van der Waals surface area contributed by atoms with Crippen molar-refractivity contribution in [1.82, 2.24) is 14.9 Å². The number of carbonyl (C=O) groups excluding carboxylic acids is 1. The molecule has 0 radical (unpaired) electrons. The molecule has 0 aliphatic heterocycles. The van der Waals surface area contributed by atoms with Crippen molar-refractivity contribution in [3.63, 3.8) is 0 Å². The number of nitrogens with zero attached hydrogens (tertiary/aromatic N) is 2. The summed E-state index contributed by atoms with van der Waals surface area (Å²) in [6.07, 6.45) is 3.37. The van der Waals surface area contributed by atoms with Crippen molar-refractivity contribution >= 4 is 17.0 Å². The van der Waals surface area contributed by atoms with Gasteiger partial charge in [0.15, 0.2) is 0 Å². The van der Waals surface area contributed by atoms with E-state index in [-0.39, 0.29) is 5.97 Å². The van der Waals surface area contributed by atoms with Crippen LogP contribution in [0.5, 0.6) is 0 Å². The fourth-order valence-corrected chi connectivity index (χ4v) is 2.95. The number of hydrogen-bond donors (Lipinski definition) is 1. The van der Waals surface area contributed by atoms with E-state index < -0.39 is 0 Å². The Labute approximate surface area is 162 Å². The maximum Gasteiger partial charge on any atom is 0.338 e. The third-order valence-corrected chi connectivity index (χ3v) is 4.48. The normalized spacial score (nSPS) is 11.2. The number of fused-ring (bicyclic) bond motifs is 1. The average molecular weight is 375 g/mol. The predicted molar refractivity (Wildman–Crippen MR) is 108 cm³/mol. The van der Waals surface area contributed by atoms with Gasteiger partial charge >= 0.3 is 5.97 Å². The van der Waals surface area contributed by atoms with E-state index in [1.807, 2.05) is 55.4 Å². The van der Waals surface area contributed by atoms with Crippen molar-refractivity contribution in [2.24, 2.45) is 0 Å². The Balaban J connectivity index is 1.58. The fourth-order valence-electron chi connectivity index (χ4n) is 2.95. The minimum Gasteiger partial charge on any atom is -0.472 e. The molecule has 2 aromatic heterocycles. The van der Waals surface area contributed by atoms with Crippen LogP contribution in [0.25, 0.3) is 33.5 Å². The van der Waals surface area contributed by atoms with Crippen molar-refractivity contribution in [3.05, 3.63) is 66.6 Å². The molecule has 0 aliphatic rings. The molecule has 0 saturated heterocycles. The Morgan fingerprint density at radius 1 is 1.11 bits per heavy atom. The van der Waals surface area contributed by atoms with Gasteiger partial charge in [0.1, 0.15) is 12.4 Å². The summed E-state index contributed by atoms with van der Waals surface area (Å²) in [6.45, 7) is 1.05. The highest BCUT2D eigenvalue weighted by atomic mass is 16.5. The number of aromatic amines is 1. The molecule has 0 amide bonds. The van der Waals surface area contributed by atoms with Crippen LogP contribution in [0.4, 0.5) is 0 Å². The number of likely N-dealkylation sites (N-methyl/N-ethyl adjacent to an activating group) is 1. The molecule has 0 atom stereocenters. The first-order chi connectivity index (χ1) is 13.6. The van der Waals surface area contributed by atoms with Gasteiger partial charge < -0.3 is 19.0 Å². The lowest BCUT2D eigenvalue weighted by Crippen LogP contribution is -2.20. The van der Waals surface area contributed by atoms with Gasteiger partial charge in [0.05, 0.1) is 29.1 Å². The number of hydrogen-bond acceptors (Lipinski definition) is 5. The highest BCUT2D eigenvalue weighted by Gasteiger charge is 2.12. The van der Waals surface area contributed by atoms with Crippen LogP contribution in [0.1, 0.15) is 10.4 Å². The van der Waals surface area contributed by atoms with Crippen molar-refractivity contribution in [2.75, 3.05) is 27.2 Å². The summed E-state index contributed by atoms with van der Waals surface area (Å²) in [5.74, 6) is 0.379. The molecule has 0 aliphatic carbocycles. The van der Waals surface area contributed by atoms with E-state index in [1.165, 1.54) is 0 Å². The quantitative estimate of drug-likeness (QED) is 0.511. The molecular weight excluding hydrogens is 354 g/mol. The van der Waals surface area contributed by atoms with Crippen LogP contribution in [0.3, 0.4) is 0 Å². The molecule has 0 bridgehead atoms. The summed E-state index contributed by atoms with van der Waals surface area (Å²) in [5.41, 5.74) is 5.20. The summed E-state index contributed by atoms with van der Waals surface area (Å²) in [6, 6.07) is 15.2. The maximum atomic E-state index is 12.3. The molecular formula is C22H21N3O3. The van der Waals surface area contributed by atoms with Crippen LogP contribution in [-0.2, 0) is 4.74 Å². The zero-order valence-electron chi connectivity index (χ0n) is 15.8. The van der Waals surface area contributed by atoms with Gasteiger partial charge in [-0.1, -0.05) is 18.2 Å². The smallest absolute Gasteiger partial charge is 0.338 e. The third-order valence-electron chi connectivity index (χ3n) is 4.48. The van der Waals surface area contributed by atoms with Gasteiger partial charge in [-0.15, -0.1) is 0 Å². The molecule has 142 valence electrons. The molecule has 0 unspecified atom stereocenters. The molecule has 6 nitrogen and oxygen atoms in total. The minimum absolute atomic E-state index is 0.331. The first-order valence-electron chi connectivity index (χ1n) is 9.05. The lowest BCUT2D eigenvalue weighted by atomic mass is 10.1. The molecule has 0 fully saturated rings. The van der Waals surface area contributed by atoms with Crippen molar-refractivity contribution in [2.45, 2.75) is 0 Å². The van der Waals surface area contributed by atoms with Gasteiger partial charge in [0.25, 0.3) is 0 Å². The molecule has 2 heterocycles. The molecule has 4 aromatic rings. The largest absolute Gasteiger partial charge is 0.472 e. The Hall–Kier alpha value is -3.38. The second-order valence-electron chi connectivity index (χ2n) is 6.85. The standard InChI is InChI=1S/C22H21N3O3/c1-25(2)9-11-28-22(26)17-5-3-4-16(12-17)21-23-19-7-6-15(13-20(19)24-21)18-8-10-27-14-18/h3-8,10,12-14H,9,11H2,1-2H3,(H,23,24). The average Bonchev–Trinajstić information content (AvgIpc) is 3.37. The summed E-state index contributed by atoms with van der Waals surface area (Å²) >= 11 is 0. The monoisotopic (exact) mass is 375 g/mol. The summed E-state index contributed by atoms with van der Waals surface area (Å²) in [7, 11) is 3.88. The van der Waals surface area contributed by atoms with Crippen LogP contribution >= 0.6 is 0 Å². The van der Waals surface area contributed by atoms with Crippen LogP contribution < -0.4 is 0 Å². The van der Waals surface area contributed by atoms with E-state index in [9.17, 15) is 4.79 Å². The first-order valence-corrected chi connectivity index (χ1v) is 9.05. The molecule has 6 heteroatoms. The second-order valence-corrected chi connectivity index (χ2v) is 6.85. The number of furan rings is 1.